The molecule has 0 aromatic heterocycles. The first-order valence-corrected chi connectivity index (χ1v) is 15.0. The number of likely N-dealkylation sites (tertiary alicyclic amines) is 1. The van der Waals surface area contributed by atoms with Gasteiger partial charge in [0, 0.05) is 23.2 Å². The van der Waals surface area contributed by atoms with Gasteiger partial charge in [0.05, 0.1) is 35.8 Å². The van der Waals surface area contributed by atoms with Crippen molar-refractivity contribution in [1.29, 1.82) is 0 Å². The average Bonchev–Trinajstić information content (AvgIpc) is 3.49. The molecule has 3 saturated heterocycles. The Hall–Kier alpha value is -1.84. The van der Waals surface area contributed by atoms with E-state index in [0.717, 1.165) is 18.4 Å². The Bertz CT molecular complexity index is 1010. The van der Waals surface area contributed by atoms with Crippen LogP contribution in [0, 0.1) is 11.8 Å². The topological polar surface area (TPSA) is 87.2 Å². The van der Waals surface area contributed by atoms with Crippen LogP contribution in [-0.2, 0) is 25.5 Å². The van der Waals surface area contributed by atoms with Gasteiger partial charge in [-0.25, -0.2) is 0 Å². The molecule has 37 heavy (non-hydrogen) atoms. The fraction of sp³-hybridized carbons (Fsp3) is 0.607. The van der Waals surface area contributed by atoms with Crippen molar-refractivity contribution < 1.29 is 24.2 Å². The summed E-state index contributed by atoms with van der Waals surface area (Å²) in [6, 6.07) is 8.32. The van der Waals surface area contributed by atoms with Crippen LogP contribution in [0.2, 0.25) is 0 Å². The summed E-state index contributed by atoms with van der Waals surface area (Å²) in [7, 11) is 0. The summed E-state index contributed by atoms with van der Waals surface area (Å²) in [4.78, 5) is 45.2. The van der Waals surface area contributed by atoms with Crippen LogP contribution in [0.15, 0.2) is 43.0 Å². The third-order valence-corrected chi connectivity index (χ3v) is 11.1. The number of carbonyl (C=O) groups excluding carboxylic acids is 3. The van der Waals surface area contributed by atoms with Gasteiger partial charge in [-0.15, -0.1) is 18.3 Å². The van der Waals surface area contributed by atoms with Gasteiger partial charge < -0.3 is 19.6 Å². The highest BCUT2D eigenvalue weighted by Crippen LogP contribution is 2.68. The summed E-state index contributed by atoms with van der Waals surface area (Å²) in [5, 5.41) is 10.4. The molecule has 3 aliphatic rings. The fourth-order valence-corrected chi connectivity index (χ4v) is 9.94. The number of ether oxygens (including phenoxy) is 1. The van der Waals surface area contributed by atoms with Crippen LogP contribution in [0.1, 0.15) is 38.7 Å². The first kappa shape index (κ1) is 28.2. The molecule has 3 unspecified atom stereocenters. The average molecular weight is 594 g/mol. The molecule has 2 bridgehead atoms. The molecular formula is C28H37BrN2O5S. The molecule has 7 nitrogen and oxygen atoms in total. The number of thioether (sulfide) groups is 1. The molecule has 7 atom stereocenters. The van der Waals surface area contributed by atoms with Crippen molar-refractivity contribution >= 4 is 45.5 Å². The number of unbranched alkanes of at least 4 members (excludes halogenated alkanes) is 1. The van der Waals surface area contributed by atoms with Gasteiger partial charge in [0.2, 0.25) is 11.8 Å². The number of benzene rings is 1. The summed E-state index contributed by atoms with van der Waals surface area (Å²) in [6.07, 6.45) is 4.50. The lowest BCUT2D eigenvalue weighted by atomic mass is 9.71. The van der Waals surface area contributed by atoms with E-state index >= 15 is 0 Å². The Morgan fingerprint density at radius 3 is 2.70 bits per heavy atom. The van der Waals surface area contributed by atoms with Crippen molar-refractivity contribution in [2.45, 2.75) is 66.4 Å². The summed E-state index contributed by atoms with van der Waals surface area (Å²) >= 11 is 5.36. The third kappa shape index (κ3) is 4.99. The maximum absolute atomic E-state index is 14.4. The predicted octanol–water partition coefficient (Wildman–Crippen LogP) is 3.43. The molecule has 2 amide bonds. The van der Waals surface area contributed by atoms with Gasteiger partial charge in [0.15, 0.2) is 0 Å². The minimum absolute atomic E-state index is 0.0172. The second kappa shape index (κ2) is 11.9. The number of fused-ring (bicyclic) bond motifs is 1. The van der Waals surface area contributed by atoms with Crippen LogP contribution in [0.3, 0.4) is 0 Å². The molecule has 3 heterocycles. The number of hydrogen-bond donors (Lipinski definition) is 1. The van der Waals surface area contributed by atoms with Gasteiger partial charge >= 0.3 is 5.97 Å². The Morgan fingerprint density at radius 2 is 2.08 bits per heavy atom. The minimum atomic E-state index is -0.780. The van der Waals surface area contributed by atoms with Crippen LogP contribution < -0.4 is 0 Å². The van der Waals surface area contributed by atoms with Crippen LogP contribution in [0.4, 0.5) is 0 Å². The molecule has 3 fully saturated rings. The number of aliphatic hydroxyl groups excluding tert-OH is 1. The van der Waals surface area contributed by atoms with E-state index in [4.69, 9.17) is 4.74 Å². The lowest BCUT2D eigenvalue weighted by molar-refractivity contribution is -0.154. The second-order valence-corrected chi connectivity index (χ2v) is 12.8. The van der Waals surface area contributed by atoms with Gasteiger partial charge in [-0.1, -0.05) is 65.7 Å². The third-order valence-electron chi connectivity index (χ3n) is 7.88. The number of nitrogens with zero attached hydrogens (tertiary/aromatic N) is 2. The zero-order chi connectivity index (χ0) is 26.7. The molecule has 0 radical (unpaired) electrons. The number of alkyl halides is 1. The van der Waals surface area contributed by atoms with Crippen molar-refractivity contribution in [3.05, 3.63) is 48.6 Å². The van der Waals surface area contributed by atoms with E-state index in [1.54, 1.807) is 34.6 Å². The van der Waals surface area contributed by atoms with Crippen LogP contribution in [-0.4, -0.2) is 85.9 Å². The summed E-state index contributed by atoms with van der Waals surface area (Å²) in [6.45, 7) is 8.59. The predicted molar refractivity (Wildman–Crippen MR) is 148 cm³/mol. The number of rotatable bonds is 12. The van der Waals surface area contributed by atoms with E-state index < -0.39 is 28.7 Å². The molecule has 202 valence electrons. The van der Waals surface area contributed by atoms with Gasteiger partial charge in [-0.3, -0.25) is 14.4 Å². The normalized spacial score (nSPS) is 30.8. The van der Waals surface area contributed by atoms with Crippen LogP contribution in [0.25, 0.3) is 0 Å². The molecule has 3 aliphatic heterocycles. The van der Waals surface area contributed by atoms with E-state index in [0.29, 0.717) is 25.9 Å². The Kier molecular flexibility index (Phi) is 9.07. The first-order valence-electron chi connectivity index (χ1n) is 13.2. The van der Waals surface area contributed by atoms with Gasteiger partial charge in [0.1, 0.15) is 6.04 Å². The molecule has 4 rings (SSSR count). The quantitative estimate of drug-likeness (QED) is 0.227. The molecule has 1 spiro atoms. The van der Waals surface area contributed by atoms with E-state index in [-0.39, 0.29) is 41.1 Å². The largest absolute Gasteiger partial charge is 0.466 e. The van der Waals surface area contributed by atoms with Crippen molar-refractivity contribution in [2.75, 3.05) is 26.3 Å². The monoisotopic (exact) mass is 592 g/mol. The highest BCUT2D eigenvalue weighted by Gasteiger charge is 2.76. The maximum Gasteiger partial charge on any atom is 0.310 e. The number of carbonyl (C=O) groups is 3. The number of aliphatic hydroxyl groups is 1. The molecule has 1 aromatic carbocycles. The number of hydrogen-bond acceptors (Lipinski definition) is 6. The van der Waals surface area contributed by atoms with E-state index in [2.05, 4.69) is 29.4 Å². The van der Waals surface area contributed by atoms with Crippen molar-refractivity contribution in [3.63, 3.8) is 0 Å². The van der Waals surface area contributed by atoms with E-state index in [9.17, 15) is 19.5 Å². The highest BCUT2D eigenvalue weighted by atomic mass is 79.9. The lowest BCUT2D eigenvalue weighted by Gasteiger charge is -2.40. The minimum Gasteiger partial charge on any atom is -0.466 e. The van der Waals surface area contributed by atoms with Crippen molar-refractivity contribution in [2.24, 2.45) is 11.8 Å². The first-order chi connectivity index (χ1) is 17.8. The Morgan fingerprint density at radius 1 is 1.35 bits per heavy atom. The molecule has 0 saturated carbocycles. The molecular weight excluding hydrogens is 556 g/mol. The Balaban J connectivity index is 1.79. The van der Waals surface area contributed by atoms with Crippen LogP contribution >= 0.6 is 27.7 Å². The number of halogens is 1. The van der Waals surface area contributed by atoms with Gasteiger partial charge in [-0.2, -0.15) is 0 Å². The highest BCUT2D eigenvalue weighted by molar-refractivity contribution is 9.09. The molecule has 1 aromatic rings. The van der Waals surface area contributed by atoms with Crippen molar-refractivity contribution in [3.8, 4) is 0 Å². The van der Waals surface area contributed by atoms with Gasteiger partial charge in [-0.05, 0) is 31.7 Å². The van der Waals surface area contributed by atoms with E-state index in [1.165, 1.54) is 0 Å². The zero-order valence-electron chi connectivity index (χ0n) is 21.6. The second-order valence-electron chi connectivity index (χ2n) is 10.1. The summed E-state index contributed by atoms with van der Waals surface area (Å²) in [5.41, 5.74) is 0.973. The summed E-state index contributed by atoms with van der Waals surface area (Å²) in [5.74, 6) is -2.03. The Labute approximate surface area is 232 Å². The lowest BCUT2D eigenvalue weighted by Crippen LogP contribution is -2.58. The van der Waals surface area contributed by atoms with Crippen molar-refractivity contribution in [1.82, 2.24) is 9.80 Å². The molecule has 0 aliphatic carbocycles. The molecule has 9 heteroatoms. The van der Waals surface area contributed by atoms with E-state index in [1.807, 2.05) is 30.3 Å². The number of esters is 1. The SMILES string of the molecule is C=CCN(CCCC)C(=O)C1N([C@@H](CO)Cc2ccccc2)C(=O)[C@@H]2[C@@H](C(=O)OCC)[C@@H]3SC12CC3Br. The van der Waals surface area contributed by atoms with Gasteiger partial charge in [0.25, 0.3) is 0 Å². The zero-order valence-corrected chi connectivity index (χ0v) is 24.0. The fourth-order valence-electron chi connectivity index (χ4n) is 6.35. The smallest absolute Gasteiger partial charge is 0.310 e. The summed E-state index contributed by atoms with van der Waals surface area (Å²) < 4.78 is 4.67. The van der Waals surface area contributed by atoms with Crippen LogP contribution in [0.5, 0.6) is 0 Å². The molecule has 1 N–H and O–H groups in total. The number of amides is 2. The standard InChI is InChI=1S/C28H37BrN2O5S/c1-4-7-14-30(13-5-2)26(34)24-28-16-20(29)23(37-28)21(27(35)36-6-3)22(28)25(33)31(24)19(17-32)15-18-11-9-8-10-12-18/h5,8-12,19-24,32H,2,4,6-7,13-17H2,1,3H3/t19-,20?,21-,22+,23-,24?,28?/m1/s1. The maximum atomic E-state index is 14.4.